The third kappa shape index (κ3) is 6.38. The fourth-order valence-electron chi connectivity index (χ4n) is 2.91. The Labute approximate surface area is 196 Å². The third-order valence-corrected chi connectivity index (χ3v) is 5.88. The van der Waals surface area contributed by atoms with E-state index >= 15 is 0 Å². The number of carbonyl (C=O) groups excluding carboxylic acids is 1. The minimum atomic E-state index is -0.489. The van der Waals surface area contributed by atoms with Crippen molar-refractivity contribution in [2.75, 3.05) is 44.4 Å². The summed E-state index contributed by atoms with van der Waals surface area (Å²) >= 11 is 7.26. The largest absolute Gasteiger partial charge is 0.369 e. The van der Waals surface area contributed by atoms with Crippen LogP contribution in [0.15, 0.2) is 36.5 Å². The number of aromatic nitrogens is 2. The van der Waals surface area contributed by atoms with Gasteiger partial charge in [0.1, 0.15) is 11.6 Å². The van der Waals surface area contributed by atoms with Gasteiger partial charge in [-0.2, -0.15) is 4.98 Å². The predicted octanol–water partition coefficient (Wildman–Crippen LogP) is 4.85. The highest BCUT2D eigenvalue weighted by atomic mass is 35.5. The van der Waals surface area contributed by atoms with Crippen molar-refractivity contribution in [3.8, 4) is 10.4 Å². The highest BCUT2D eigenvalue weighted by Crippen LogP contribution is 2.33. The van der Waals surface area contributed by atoms with Crippen molar-refractivity contribution in [2.24, 2.45) is 0 Å². The molecule has 0 aliphatic rings. The lowest BCUT2D eigenvalue weighted by Crippen LogP contribution is -2.21. The van der Waals surface area contributed by atoms with E-state index in [-0.39, 0.29) is 10.9 Å². The molecule has 0 aliphatic heterocycles. The number of nitrogens with zero attached hydrogens (tertiary/aromatic N) is 3. The van der Waals surface area contributed by atoms with E-state index in [9.17, 15) is 9.18 Å². The zero-order chi connectivity index (χ0) is 23.1. The zero-order valence-electron chi connectivity index (χ0n) is 18.2. The average molecular weight is 477 g/mol. The minimum absolute atomic E-state index is 0.0186. The lowest BCUT2D eigenvalue weighted by molar-refractivity contribution is 0.0960. The molecule has 1 amide bonds. The van der Waals surface area contributed by atoms with Crippen LogP contribution in [0.5, 0.6) is 0 Å². The van der Waals surface area contributed by atoms with E-state index < -0.39 is 5.82 Å². The van der Waals surface area contributed by atoms with Crippen LogP contribution in [0, 0.1) is 5.82 Å². The Morgan fingerprint density at radius 2 is 2.06 bits per heavy atom. The Morgan fingerprint density at radius 3 is 2.78 bits per heavy atom. The molecular formula is C22H26ClFN6OS. The van der Waals surface area contributed by atoms with E-state index in [1.807, 2.05) is 27.1 Å². The van der Waals surface area contributed by atoms with E-state index in [0.717, 1.165) is 30.0 Å². The Kier molecular flexibility index (Phi) is 8.38. The van der Waals surface area contributed by atoms with Crippen molar-refractivity contribution < 1.29 is 9.18 Å². The van der Waals surface area contributed by atoms with E-state index in [2.05, 4.69) is 30.8 Å². The number of amides is 1. The molecule has 32 heavy (non-hydrogen) atoms. The molecule has 0 unspecified atom stereocenters. The summed E-state index contributed by atoms with van der Waals surface area (Å²) in [6.07, 6.45) is 2.64. The van der Waals surface area contributed by atoms with Gasteiger partial charge in [-0.05, 0) is 64.3 Å². The molecule has 0 atom stereocenters. The summed E-state index contributed by atoms with van der Waals surface area (Å²) in [6.45, 7) is 4.11. The number of anilines is 3. The first kappa shape index (κ1) is 23.9. The summed E-state index contributed by atoms with van der Waals surface area (Å²) in [6, 6.07) is 8.03. The first-order valence-corrected chi connectivity index (χ1v) is 11.4. The van der Waals surface area contributed by atoms with Crippen molar-refractivity contribution in [3.63, 3.8) is 0 Å². The Balaban J connectivity index is 1.86. The summed E-state index contributed by atoms with van der Waals surface area (Å²) in [5.74, 6) is 0.416. The number of nitrogens with one attached hydrogen (secondary N) is 3. The quantitative estimate of drug-likeness (QED) is 0.363. The normalized spacial score (nSPS) is 10.9. The summed E-state index contributed by atoms with van der Waals surface area (Å²) < 4.78 is 13.4. The van der Waals surface area contributed by atoms with Crippen molar-refractivity contribution >= 4 is 46.3 Å². The van der Waals surface area contributed by atoms with Crippen molar-refractivity contribution in [1.82, 2.24) is 20.2 Å². The summed E-state index contributed by atoms with van der Waals surface area (Å²) in [5, 5.41) is 9.27. The van der Waals surface area contributed by atoms with Crippen LogP contribution in [0.4, 0.5) is 21.8 Å². The van der Waals surface area contributed by atoms with Crippen LogP contribution in [-0.2, 0) is 0 Å². The minimum Gasteiger partial charge on any atom is -0.369 e. The maximum Gasteiger partial charge on any atom is 0.261 e. The van der Waals surface area contributed by atoms with Crippen LogP contribution in [0.25, 0.3) is 10.4 Å². The second-order valence-corrected chi connectivity index (χ2v) is 8.81. The molecule has 0 aliphatic carbocycles. The topological polar surface area (TPSA) is 82.2 Å². The molecular weight excluding hydrogens is 451 g/mol. The van der Waals surface area contributed by atoms with Gasteiger partial charge in [0.15, 0.2) is 0 Å². The van der Waals surface area contributed by atoms with Gasteiger partial charge in [0.25, 0.3) is 5.91 Å². The van der Waals surface area contributed by atoms with Crippen molar-refractivity contribution in [3.05, 3.63) is 52.2 Å². The van der Waals surface area contributed by atoms with Crippen LogP contribution in [-0.4, -0.2) is 54.5 Å². The maximum absolute atomic E-state index is 13.4. The van der Waals surface area contributed by atoms with Gasteiger partial charge in [-0.15, -0.1) is 11.3 Å². The first-order chi connectivity index (χ1) is 15.4. The Morgan fingerprint density at radius 1 is 1.25 bits per heavy atom. The number of carbonyl (C=O) groups is 1. The molecule has 0 radical (unpaired) electrons. The molecule has 0 saturated heterocycles. The average Bonchev–Trinajstić information content (AvgIpc) is 3.24. The second kappa shape index (κ2) is 11.2. The standard InChI is InChI=1S/C22H26ClFN6OS/c1-4-25-21(31)19-9-8-18(32-19)15-13-27-22(28-14-6-7-17(24)16(23)12-14)29-20(15)26-10-5-11-30(2)3/h6-9,12-13H,4-5,10-11H2,1-3H3,(H,25,31)(H2,26,27,28,29). The van der Waals surface area contributed by atoms with Crippen LogP contribution in [0.3, 0.4) is 0 Å². The molecule has 170 valence electrons. The van der Waals surface area contributed by atoms with E-state index in [4.69, 9.17) is 11.6 Å². The molecule has 1 aromatic carbocycles. The van der Waals surface area contributed by atoms with Gasteiger partial charge in [-0.1, -0.05) is 11.6 Å². The van der Waals surface area contributed by atoms with Gasteiger partial charge in [-0.3, -0.25) is 4.79 Å². The smallest absolute Gasteiger partial charge is 0.261 e. The molecule has 0 bridgehead atoms. The molecule has 3 aromatic rings. The van der Waals surface area contributed by atoms with E-state index in [1.54, 1.807) is 18.3 Å². The summed E-state index contributed by atoms with van der Waals surface area (Å²) in [4.78, 5) is 24.8. The van der Waals surface area contributed by atoms with Gasteiger partial charge in [-0.25, -0.2) is 9.37 Å². The number of halogens is 2. The van der Waals surface area contributed by atoms with Gasteiger partial charge < -0.3 is 20.9 Å². The fourth-order valence-corrected chi connectivity index (χ4v) is 4.03. The van der Waals surface area contributed by atoms with Gasteiger partial charge in [0.05, 0.1) is 15.5 Å². The second-order valence-electron chi connectivity index (χ2n) is 7.32. The molecule has 0 fully saturated rings. The van der Waals surface area contributed by atoms with E-state index in [0.29, 0.717) is 28.9 Å². The number of benzene rings is 1. The van der Waals surface area contributed by atoms with Crippen molar-refractivity contribution in [1.29, 1.82) is 0 Å². The van der Waals surface area contributed by atoms with Crippen LogP contribution >= 0.6 is 22.9 Å². The third-order valence-electron chi connectivity index (χ3n) is 4.47. The molecule has 10 heteroatoms. The lowest BCUT2D eigenvalue weighted by Gasteiger charge is -2.14. The predicted molar refractivity (Wildman–Crippen MR) is 130 cm³/mol. The van der Waals surface area contributed by atoms with Crippen molar-refractivity contribution in [2.45, 2.75) is 13.3 Å². The molecule has 7 nitrogen and oxygen atoms in total. The van der Waals surface area contributed by atoms with Gasteiger partial charge in [0.2, 0.25) is 5.95 Å². The van der Waals surface area contributed by atoms with Gasteiger partial charge >= 0.3 is 0 Å². The molecule has 3 rings (SSSR count). The lowest BCUT2D eigenvalue weighted by atomic mass is 10.2. The number of hydrogen-bond donors (Lipinski definition) is 3. The van der Waals surface area contributed by atoms with Gasteiger partial charge in [0, 0.05) is 29.9 Å². The van der Waals surface area contributed by atoms with Crippen LogP contribution in [0.2, 0.25) is 5.02 Å². The SMILES string of the molecule is CCNC(=O)c1ccc(-c2cnc(Nc3ccc(F)c(Cl)c3)nc2NCCCN(C)C)s1. The number of hydrogen-bond acceptors (Lipinski definition) is 7. The maximum atomic E-state index is 13.4. The molecule has 3 N–H and O–H groups in total. The summed E-state index contributed by atoms with van der Waals surface area (Å²) in [5.41, 5.74) is 1.38. The summed E-state index contributed by atoms with van der Waals surface area (Å²) in [7, 11) is 4.06. The highest BCUT2D eigenvalue weighted by Gasteiger charge is 2.15. The fraction of sp³-hybridized carbons (Fsp3) is 0.318. The molecule has 0 spiro atoms. The molecule has 2 aromatic heterocycles. The van der Waals surface area contributed by atoms with Crippen LogP contribution in [0.1, 0.15) is 23.0 Å². The number of thiophene rings is 1. The molecule has 0 saturated carbocycles. The Bertz CT molecular complexity index is 1070. The highest BCUT2D eigenvalue weighted by molar-refractivity contribution is 7.17. The Hall–Kier alpha value is -2.75. The van der Waals surface area contributed by atoms with E-state index in [1.165, 1.54) is 23.5 Å². The zero-order valence-corrected chi connectivity index (χ0v) is 19.8. The first-order valence-electron chi connectivity index (χ1n) is 10.2. The van der Waals surface area contributed by atoms with Crippen LogP contribution < -0.4 is 16.0 Å². The monoisotopic (exact) mass is 476 g/mol. The molecule has 2 heterocycles. The number of rotatable bonds is 10.